The third-order valence-corrected chi connectivity index (χ3v) is 3.56. The predicted octanol–water partition coefficient (Wildman–Crippen LogP) is 4.24. The van der Waals surface area contributed by atoms with Crippen molar-refractivity contribution in [2.75, 3.05) is 6.67 Å². The van der Waals surface area contributed by atoms with E-state index in [9.17, 15) is 4.39 Å². The predicted molar refractivity (Wildman–Crippen MR) is 84.2 cm³/mol. The number of hydrogen-bond acceptors (Lipinski definition) is 2. The first-order valence-electron chi connectivity index (χ1n) is 7.21. The molecule has 0 radical (unpaired) electrons. The van der Waals surface area contributed by atoms with Crippen LogP contribution in [0.2, 0.25) is 0 Å². The molecule has 2 rings (SSSR count). The van der Waals surface area contributed by atoms with Crippen LogP contribution in [-0.2, 0) is 6.61 Å². The number of alkyl halides is 1. The van der Waals surface area contributed by atoms with Crippen LogP contribution in [0.15, 0.2) is 42.5 Å². The largest absolute Gasteiger partial charge is 0.488 e. The van der Waals surface area contributed by atoms with E-state index in [0.29, 0.717) is 13.0 Å². The SMILES string of the molecule is Cc1cc([C@@H](N)CCF)cc(C)c1OCc1ccccc1. The van der Waals surface area contributed by atoms with E-state index in [-0.39, 0.29) is 6.04 Å². The Bertz CT molecular complexity index is 560. The Morgan fingerprint density at radius 3 is 2.29 bits per heavy atom. The van der Waals surface area contributed by atoms with E-state index in [4.69, 9.17) is 10.5 Å². The first kappa shape index (κ1) is 15.5. The van der Waals surface area contributed by atoms with E-state index >= 15 is 0 Å². The zero-order chi connectivity index (χ0) is 15.2. The Morgan fingerprint density at radius 1 is 1.10 bits per heavy atom. The number of rotatable bonds is 6. The minimum atomic E-state index is -0.397. The second-order valence-electron chi connectivity index (χ2n) is 5.34. The smallest absolute Gasteiger partial charge is 0.125 e. The van der Waals surface area contributed by atoms with Crippen LogP contribution in [0, 0.1) is 13.8 Å². The molecule has 2 nitrogen and oxygen atoms in total. The van der Waals surface area contributed by atoms with Gasteiger partial charge in [0.2, 0.25) is 0 Å². The van der Waals surface area contributed by atoms with Crippen LogP contribution in [0.5, 0.6) is 5.75 Å². The molecule has 0 aliphatic carbocycles. The van der Waals surface area contributed by atoms with E-state index in [1.54, 1.807) is 0 Å². The lowest BCUT2D eigenvalue weighted by Crippen LogP contribution is -2.12. The molecular weight excluding hydrogens is 265 g/mol. The van der Waals surface area contributed by atoms with E-state index < -0.39 is 6.67 Å². The highest BCUT2D eigenvalue weighted by atomic mass is 19.1. The average molecular weight is 287 g/mol. The Morgan fingerprint density at radius 2 is 1.71 bits per heavy atom. The minimum absolute atomic E-state index is 0.254. The Labute approximate surface area is 125 Å². The van der Waals surface area contributed by atoms with Gasteiger partial charge < -0.3 is 10.5 Å². The summed E-state index contributed by atoms with van der Waals surface area (Å²) in [6, 6.07) is 13.8. The molecule has 0 aliphatic rings. The van der Waals surface area contributed by atoms with Crippen LogP contribution in [0.4, 0.5) is 4.39 Å². The molecule has 0 spiro atoms. The van der Waals surface area contributed by atoms with Gasteiger partial charge in [-0.15, -0.1) is 0 Å². The van der Waals surface area contributed by atoms with Crippen molar-refractivity contribution >= 4 is 0 Å². The maximum Gasteiger partial charge on any atom is 0.125 e. The number of nitrogens with two attached hydrogens (primary N) is 1. The standard InChI is InChI=1S/C18H22FNO/c1-13-10-16(17(20)8-9-19)11-14(2)18(13)21-12-15-6-4-3-5-7-15/h3-7,10-11,17H,8-9,12,20H2,1-2H3/t17-/m0/s1. The molecule has 0 heterocycles. The Balaban J connectivity index is 2.13. The van der Waals surface area contributed by atoms with Crippen LogP contribution < -0.4 is 10.5 Å². The quantitative estimate of drug-likeness (QED) is 0.862. The molecule has 0 fully saturated rings. The fourth-order valence-electron chi connectivity index (χ4n) is 2.44. The van der Waals surface area contributed by atoms with Gasteiger partial charge in [0.25, 0.3) is 0 Å². The van der Waals surface area contributed by atoms with Crippen LogP contribution >= 0.6 is 0 Å². The van der Waals surface area contributed by atoms with Gasteiger partial charge in [-0.05, 0) is 42.5 Å². The molecular formula is C18H22FNO. The molecule has 0 aliphatic heterocycles. The lowest BCUT2D eigenvalue weighted by atomic mass is 9.99. The highest BCUT2D eigenvalue weighted by Crippen LogP contribution is 2.28. The fourth-order valence-corrected chi connectivity index (χ4v) is 2.44. The number of benzene rings is 2. The van der Waals surface area contributed by atoms with Crippen molar-refractivity contribution in [3.8, 4) is 5.75 Å². The van der Waals surface area contributed by atoms with Gasteiger partial charge in [-0.1, -0.05) is 42.5 Å². The van der Waals surface area contributed by atoms with Crippen molar-refractivity contribution in [2.45, 2.75) is 32.9 Å². The molecule has 0 saturated heterocycles. The summed E-state index contributed by atoms with van der Waals surface area (Å²) in [5.74, 6) is 0.884. The van der Waals surface area contributed by atoms with Gasteiger partial charge in [0, 0.05) is 6.04 Å². The molecule has 2 aromatic rings. The van der Waals surface area contributed by atoms with Gasteiger partial charge in [-0.3, -0.25) is 4.39 Å². The van der Waals surface area contributed by atoms with Gasteiger partial charge in [-0.25, -0.2) is 0 Å². The van der Waals surface area contributed by atoms with Crippen molar-refractivity contribution < 1.29 is 9.13 Å². The number of ether oxygens (including phenoxy) is 1. The van der Waals surface area contributed by atoms with Gasteiger partial charge in [0.1, 0.15) is 12.4 Å². The molecule has 21 heavy (non-hydrogen) atoms. The van der Waals surface area contributed by atoms with Gasteiger partial charge in [0.05, 0.1) is 6.67 Å². The maximum atomic E-state index is 12.4. The summed E-state index contributed by atoms with van der Waals surface area (Å²) in [5.41, 5.74) is 10.2. The summed E-state index contributed by atoms with van der Waals surface area (Å²) >= 11 is 0. The minimum Gasteiger partial charge on any atom is -0.488 e. The van der Waals surface area contributed by atoms with Crippen LogP contribution in [0.25, 0.3) is 0 Å². The third kappa shape index (κ3) is 4.05. The molecule has 0 amide bonds. The zero-order valence-corrected chi connectivity index (χ0v) is 12.6. The third-order valence-electron chi connectivity index (χ3n) is 3.56. The topological polar surface area (TPSA) is 35.2 Å². The normalized spacial score (nSPS) is 12.2. The molecule has 0 saturated carbocycles. The van der Waals surface area contributed by atoms with Gasteiger partial charge in [0.15, 0.2) is 0 Å². The molecule has 1 atom stereocenters. The number of hydrogen-bond donors (Lipinski definition) is 1. The first-order valence-corrected chi connectivity index (χ1v) is 7.21. The summed E-state index contributed by atoms with van der Waals surface area (Å²) in [6.45, 7) is 4.14. The molecule has 0 aromatic heterocycles. The summed E-state index contributed by atoms with van der Waals surface area (Å²) in [5, 5.41) is 0. The first-order chi connectivity index (χ1) is 10.1. The molecule has 112 valence electrons. The van der Waals surface area contributed by atoms with E-state index in [1.165, 1.54) is 0 Å². The summed E-state index contributed by atoms with van der Waals surface area (Å²) in [6.07, 6.45) is 0.350. The number of aryl methyl sites for hydroxylation is 2. The van der Waals surface area contributed by atoms with E-state index in [0.717, 1.165) is 28.0 Å². The van der Waals surface area contributed by atoms with Crippen LogP contribution in [0.3, 0.4) is 0 Å². The number of halogens is 1. The second kappa shape index (κ2) is 7.23. The highest BCUT2D eigenvalue weighted by Gasteiger charge is 2.11. The van der Waals surface area contributed by atoms with Crippen molar-refractivity contribution in [1.29, 1.82) is 0 Å². The average Bonchev–Trinajstić information content (AvgIpc) is 2.47. The molecule has 2 aromatic carbocycles. The highest BCUT2D eigenvalue weighted by molar-refractivity contribution is 5.44. The lowest BCUT2D eigenvalue weighted by Gasteiger charge is -2.17. The summed E-state index contributed by atoms with van der Waals surface area (Å²) < 4.78 is 18.3. The van der Waals surface area contributed by atoms with E-state index in [2.05, 4.69) is 0 Å². The summed E-state index contributed by atoms with van der Waals surface area (Å²) in [4.78, 5) is 0. The summed E-state index contributed by atoms with van der Waals surface area (Å²) in [7, 11) is 0. The fraction of sp³-hybridized carbons (Fsp3) is 0.333. The van der Waals surface area contributed by atoms with Crippen molar-refractivity contribution in [3.05, 3.63) is 64.7 Å². The van der Waals surface area contributed by atoms with Crippen LogP contribution in [0.1, 0.15) is 34.7 Å². The molecule has 0 bridgehead atoms. The van der Waals surface area contributed by atoms with Gasteiger partial charge >= 0.3 is 0 Å². The van der Waals surface area contributed by atoms with Crippen molar-refractivity contribution in [2.24, 2.45) is 5.73 Å². The monoisotopic (exact) mass is 287 g/mol. The van der Waals surface area contributed by atoms with Crippen molar-refractivity contribution in [3.63, 3.8) is 0 Å². The molecule has 2 N–H and O–H groups in total. The molecule has 3 heteroatoms. The zero-order valence-electron chi connectivity index (χ0n) is 12.6. The lowest BCUT2D eigenvalue weighted by molar-refractivity contribution is 0.301. The second-order valence-corrected chi connectivity index (χ2v) is 5.34. The maximum absolute atomic E-state index is 12.4. The van der Waals surface area contributed by atoms with E-state index in [1.807, 2.05) is 56.3 Å². The molecule has 0 unspecified atom stereocenters. The van der Waals surface area contributed by atoms with Crippen molar-refractivity contribution in [1.82, 2.24) is 0 Å². The Hall–Kier alpha value is -1.87. The van der Waals surface area contributed by atoms with Crippen LogP contribution in [-0.4, -0.2) is 6.67 Å². The Kier molecular flexibility index (Phi) is 5.34. The van der Waals surface area contributed by atoms with Gasteiger partial charge in [-0.2, -0.15) is 0 Å².